The molecule has 4 rings (SSSR count). The van der Waals surface area contributed by atoms with Crippen molar-refractivity contribution in [1.82, 2.24) is 5.01 Å². The number of hydrogen-bond acceptors (Lipinski definition) is 3. The molecule has 0 amide bonds. The molecule has 0 unspecified atom stereocenters. The Bertz CT molecular complexity index is 933. The maximum absolute atomic E-state index is 4.70. The number of piperazine rings is 1. The molecule has 28 heavy (non-hydrogen) atoms. The zero-order chi connectivity index (χ0) is 19.3. The average molecular weight is 374 g/mol. The molecule has 1 fully saturated rings. The lowest BCUT2D eigenvalue weighted by atomic mass is 10.0. The van der Waals surface area contributed by atoms with Crippen molar-refractivity contribution in [2.45, 2.75) is 6.54 Å². The minimum Gasteiger partial charge on any atom is -0.378 e. The van der Waals surface area contributed by atoms with Crippen LogP contribution in [-0.4, -0.2) is 51.5 Å². The Morgan fingerprint density at radius 3 is 2.39 bits per heavy atom. The number of rotatable bonds is 5. The largest absolute Gasteiger partial charge is 0.378 e. The second-order valence-electron chi connectivity index (χ2n) is 7.75. The van der Waals surface area contributed by atoms with Crippen molar-refractivity contribution in [3.63, 3.8) is 0 Å². The topological polar surface area (TPSA) is 23.3 Å². The summed E-state index contributed by atoms with van der Waals surface area (Å²) >= 11 is 0. The normalized spacial score (nSPS) is 15.4. The third-order valence-corrected chi connectivity index (χ3v) is 5.55. The Kier molecular flexibility index (Phi) is 5.58. The molecule has 0 bridgehead atoms. The second kappa shape index (κ2) is 8.44. The third-order valence-electron chi connectivity index (χ3n) is 5.55. The molecule has 1 aliphatic heterocycles. The van der Waals surface area contributed by atoms with Gasteiger partial charge in [-0.25, -0.2) is 0 Å². The van der Waals surface area contributed by atoms with E-state index in [0.29, 0.717) is 0 Å². The predicted molar refractivity (Wildman–Crippen MR) is 118 cm³/mol. The van der Waals surface area contributed by atoms with Crippen LogP contribution in [0.15, 0.2) is 71.8 Å². The van der Waals surface area contributed by atoms with Crippen molar-refractivity contribution in [3.8, 4) is 0 Å². The van der Waals surface area contributed by atoms with E-state index >= 15 is 0 Å². The summed E-state index contributed by atoms with van der Waals surface area (Å²) < 4.78 is 0. The molecule has 0 aliphatic carbocycles. The highest BCUT2D eigenvalue weighted by Crippen LogP contribution is 2.17. The van der Waals surface area contributed by atoms with E-state index in [1.807, 2.05) is 6.21 Å². The molecule has 1 N–H and O–H groups in total. The molecular weight excluding hydrogens is 344 g/mol. The fourth-order valence-electron chi connectivity index (χ4n) is 3.83. The molecule has 1 aliphatic rings. The Morgan fingerprint density at radius 1 is 0.929 bits per heavy atom. The van der Waals surface area contributed by atoms with Crippen molar-refractivity contribution < 1.29 is 4.90 Å². The smallest absolute Gasteiger partial charge is 0.104 e. The molecule has 0 atom stereocenters. The third kappa shape index (κ3) is 4.34. The molecule has 3 aromatic carbocycles. The van der Waals surface area contributed by atoms with Gasteiger partial charge in [0.1, 0.15) is 6.54 Å². The van der Waals surface area contributed by atoms with Crippen molar-refractivity contribution in [2.75, 3.05) is 45.2 Å². The van der Waals surface area contributed by atoms with Crippen LogP contribution in [0.3, 0.4) is 0 Å². The fraction of sp³-hybridized carbons (Fsp3) is 0.292. The van der Waals surface area contributed by atoms with E-state index in [1.165, 1.54) is 22.0 Å². The van der Waals surface area contributed by atoms with Crippen LogP contribution in [0, 0.1) is 0 Å². The van der Waals surface area contributed by atoms with E-state index in [1.54, 1.807) is 4.90 Å². The van der Waals surface area contributed by atoms with E-state index in [-0.39, 0.29) is 0 Å². The molecule has 144 valence electrons. The monoisotopic (exact) mass is 373 g/mol. The van der Waals surface area contributed by atoms with Crippen LogP contribution in [-0.2, 0) is 6.54 Å². The van der Waals surface area contributed by atoms with Gasteiger partial charge in [-0.05, 0) is 28.5 Å². The fourth-order valence-corrected chi connectivity index (χ4v) is 3.83. The lowest BCUT2D eigenvalue weighted by Crippen LogP contribution is -3.13. The molecule has 0 aromatic heterocycles. The van der Waals surface area contributed by atoms with Crippen LogP contribution >= 0.6 is 0 Å². The minimum absolute atomic E-state index is 1.01. The molecule has 1 heterocycles. The molecule has 0 spiro atoms. The summed E-state index contributed by atoms with van der Waals surface area (Å²) in [5, 5.41) is 9.63. The van der Waals surface area contributed by atoms with Crippen molar-refractivity contribution in [1.29, 1.82) is 0 Å². The van der Waals surface area contributed by atoms with Gasteiger partial charge in [-0.2, -0.15) is 5.10 Å². The number of nitrogens with zero attached hydrogens (tertiary/aromatic N) is 3. The first-order valence-corrected chi connectivity index (χ1v) is 10.1. The van der Waals surface area contributed by atoms with Crippen molar-refractivity contribution in [2.24, 2.45) is 5.10 Å². The zero-order valence-electron chi connectivity index (χ0n) is 16.8. The van der Waals surface area contributed by atoms with Crippen LogP contribution in [0.4, 0.5) is 5.69 Å². The molecular formula is C24H29N4+. The molecule has 4 nitrogen and oxygen atoms in total. The van der Waals surface area contributed by atoms with E-state index in [9.17, 15) is 0 Å². The number of quaternary nitrogens is 1. The van der Waals surface area contributed by atoms with Gasteiger partial charge in [0.15, 0.2) is 0 Å². The number of hydrazone groups is 1. The van der Waals surface area contributed by atoms with Gasteiger partial charge in [0.2, 0.25) is 0 Å². The van der Waals surface area contributed by atoms with Gasteiger partial charge in [-0.3, -0.25) is 5.01 Å². The van der Waals surface area contributed by atoms with Crippen LogP contribution in [0.2, 0.25) is 0 Å². The first kappa shape index (κ1) is 18.5. The van der Waals surface area contributed by atoms with Crippen LogP contribution < -0.4 is 9.80 Å². The van der Waals surface area contributed by atoms with Gasteiger partial charge in [-0.1, -0.05) is 54.6 Å². The van der Waals surface area contributed by atoms with Gasteiger partial charge in [0.25, 0.3) is 0 Å². The number of nitrogens with one attached hydrogen (secondary N) is 1. The van der Waals surface area contributed by atoms with Gasteiger partial charge in [-0.15, -0.1) is 0 Å². The summed E-state index contributed by atoms with van der Waals surface area (Å²) in [4.78, 5) is 3.75. The molecule has 4 heteroatoms. The summed E-state index contributed by atoms with van der Waals surface area (Å²) in [7, 11) is 4.12. The van der Waals surface area contributed by atoms with Crippen LogP contribution in [0.1, 0.15) is 11.1 Å². The SMILES string of the molecule is CN(C)c1ccc(C=NN2CC[NH+](Cc3cccc4ccccc34)CC2)cc1. The van der Waals surface area contributed by atoms with E-state index in [4.69, 9.17) is 5.10 Å². The summed E-state index contributed by atoms with van der Waals surface area (Å²) in [6.45, 7) is 5.35. The Balaban J connectivity index is 1.33. The summed E-state index contributed by atoms with van der Waals surface area (Å²) in [5.41, 5.74) is 3.81. The highest BCUT2D eigenvalue weighted by atomic mass is 15.5. The minimum atomic E-state index is 1.01. The Morgan fingerprint density at radius 2 is 1.64 bits per heavy atom. The predicted octanol–water partition coefficient (Wildman–Crippen LogP) is 2.64. The number of fused-ring (bicyclic) bond motifs is 1. The van der Waals surface area contributed by atoms with Crippen LogP contribution in [0.25, 0.3) is 10.8 Å². The summed E-state index contributed by atoms with van der Waals surface area (Å²) in [5.74, 6) is 0. The average Bonchev–Trinajstić information content (AvgIpc) is 2.74. The molecule has 0 saturated carbocycles. The van der Waals surface area contributed by atoms with Gasteiger partial charge in [0.05, 0.1) is 32.4 Å². The maximum atomic E-state index is 4.70. The highest BCUT2D eigenvalue weighted by Gasteiger charge is 2.19. The standard InChI is InChI=1S/C24H28N4/c1-26(2)23-12-10-20(11-13-23)18-25-28-16-14-27(15-17-28)19-22-8-5-7-21-6-3-4-9-24(21)22/h3-13,18H,14-17,19H2,1-2H3/p+1. The molecule has 0 radical (unpaired) electrons. The lowest BCUT2D eigenvalue weighted by Gasteiger charge is -2.30. The van der Waals surface area contributed by atoms with Crippen LogP contribution in [0.5, 0.6) is 0 Å². The second-order valence-corrected chi connectivity index (χ2v) is 7.75. The van der Waals surface area contributed by atoms with E-state index in [0.717, 1.165) is 38.3 Å². The van der Waals surface area contributed by atoms with Gasteiger partial charge in [0, 0.05) is 25.3 Å². The summed E-state index contributed by atoms with van der Waals surface area (Å²) in [6.07, 6.45) is 1.98. The van der Waals surface area contributed by atoms with Crippen molar-refractivity contribution >= 4 is 22.7 Å². The van der Waals surface area contributed by atoms with E-state index in [2.05, 4.69) is 90.7 Å². The molecule has 3 aromatic rings. The Labute approximate surface area is 167 Å². The lowest BCUT2D eigenvalue weighted by molar-refractivity contribution is -0.918. The van der Waals surface area contributed by atoms with Gasteiger partial charge >= 0.3 is 0 Å². The van der Waals surface area contributed by atoms with E-state index < -0.39 is 0 Å². The Hall–Kier alpha value is -2.85. The van der Waals surface area contributed by atoms with Gasteiger partial charge < -0.3 is 9.80 Å². The zero-order valence-corrected chi connectivity index (χ0v) is 16.8. The summed E-state index contributed by atoms with van der Waals surface area (Å²) in [6, 6.07) is 23.9. The number of hydrogen-bond donors (Lipinski definition) is 1. The number of benzene rings is 3. The highest BCUT2D eigenvalue weighted by molar-refractivity contribution is 5.85. The van der Waals surface area contributed by atoms with Crippen molar-refractivity contribution in [3.05, 3.63) is 77.9 Å². The molecule has 1 saturated heterocycles. The maximum Gasteiger partial charge on any atom is 0.104 e. The first-order valence-electron chi connectivity index (χ1n) is 10.1. The quantitative estimate of drug-likeness (QED) is 0.695. The first-order chi connectivity index (χ1) is 13.7. The number of anilines is 1.